The van der Waals surface area contributed by atoms with Gasteiger partial charge in [0.05, 0.1) is 19.1 Å². The lowest BCUT2D eigenvalue weighted by molar-refractivity contribution is -0.138. The highest BCUT2D eigenvalue weighted by Gasteiger charge is 2.11. The first-order valence-electron chi connectivity index (χ1n) is 5.44. The molecule has 5 nitrogen and oxygen atoms in total. The van der Waals surface area contributed by atoms with Crippen LogP contribution in [-0.2, 0) is 16.1 Å². The van der Waals surface area contributed by atoms with Gasteiger partial charge in [0.15, 0.2) is 0 Å². The van der Waals surface area contributed by atoms with E-state index in [4.69, 9.17) is 9.84 Å². The number of aliphatic hydroxyl groups is 1. The van der Waals surface area contributed by atoms with Crippen molar-refractivity contribution in [2.75, 3.05) is 19.0 Å². The second-order valence-electron chi connectivity index (χ2n) is 3.83. The van der Waals surface area contributed by atoms with E-state index in [2.05, 4.69) is 21.2 Å². The fourth-order valence-electron chi connectivity index (χ4n) is 1.52. The van der Waals surface area contributed by atoms with Crippen molar-refractivity contribution in [1.29, 1.82) is 0 Å². The minimum Gasteiger partial charge on any atom is -0.481 e. The fraction of sp³-hybridized carbons (Fsp3) is 0.417. The van der Waals surface area contributed by atoms with Gasteiger partial charge in [0.25, 0.3) is 0 Å². The lowest BCUT2D eigenvalue weighted by Gasteiger charge is -2.15. The standard InChI is InChI=1S/C12H16BrNO4/c1-18-7-9-10(13)3-2-4-11(9)14-6-8(15)5-12(16)17/h2-4,8,14-15H,5-7H2,1H3,(H,16,17). The highest BCUT2D eigenvalue weighted by atomic mass is 79.9. The molecule has 0 radical (unpaired) electrons. The van der Waals surface area contributed by atoms with Crippen LogP contribution in [0.25, 0.3) is 0 Å². The van der Waals surface area contributed by atoms with Crippen LogP contribution in [0.4, 0.5) is 5.69 Å². The van der Waals surface area contributed by atoms with Gasteiger partial charge in [-0.1, -0.05) is 22.0 Å². The van der Waals surface area contributed by atoms with Crippen molar-refractivity contribution in [1.82, 2.24) is 0 Å². The number of aliphatic hydroxyl groups excluding tert-OH is 1. The van der Waals surface area contributed by atoms with Crippen LogP contribution in [0.1, 0.15) is 12.0 Å². The Hall–Kier alpha value is -1.11. The molecule has 1 unspecified atom stereocenters. The summed E-state index contributed by atoms with van der Waals surface area (Å²) in [5, 5.41) is 21.1. The largest absolute Gasteiger partial charge is 0.481 e. The number of carbonyl (C=O) groups is 1. The molecule has 0 amide bonds. The first-order chi connectivity index (χ1) is 8.54. The van der Waals surface area contributed by atoms with Crippen LogP contribution in [0.2, 0.25) is 0 Å². The summed E-state index contributed by atoms with van der Waals surface area (Å²) in [6, 6.07) is 5.61. The number of hydrogen-bond donors (Lipinski definition) is 3. The number of aliphatic carboxylic acids is 1. The van der Waals surface area contributed by atoms with Crippen LogP contribution in [0.5, 0.6) is 0 Å². The number of ether oxygens (including phenoxy) is 1. The summed E-state index contributed by atoms with van der Waals surface area (Å²) in [6.45, 7) is 0.609. The third-order valence-electron chi connectivity index (χ3n) is 2.35. The molecule has 0 bridgehead atoms. The number of benzene rings is 1. The molecule has 0 heterocycles. The summed E-state index contributed by atoms with van der Waals surface area (Å²) >= 11 is 3.42. The van der Waals surface area contributed by atoms with Crippen molar-refractivity contribution in [2.45, 2.75) is 19.1 Å². The molecule has 1 aromatic carbocycles. The molecule has 0 spiro atoms. The maximum absolute atomic E-state index is 10.4. The monoisotopic (exact) mass is 317 g/mol. The van der Waals surface area contributed by atoms with Gasteiger partial charge in [-0.15, -0.1) is 0 Å². The molecule has 0 fully saturated rings. The third-order valence-corrected chi connectivity index (χ3v) is 3.09. The predicted molar refractivity (Wildman–Crippen MR) is 71.6 cm³/mol. The zero-order valence-corrected chi connectivity index (χ0v) is 11.6. The molecule has 0 saturated carbocycles. The third kappa shape index (κ3) is 4.64. The Morgan fingerprint density at radius 1 is 1.56 bits per heavy atom. The van der Waals surface area contributed by atoms with Crippen molar-refractivity contribution in [3.63, 3.8) is 0 Å². The van der Waals surface area contributed by atoms with Gasteiger partial charge in [-0.25, -0.2) is 0 Å². The minimum atomic E-state index is -1.02. The number of halogens is 1. The number of anilines is 1. The molecule has 0 aromatic heterocycles. The van der Waals surface area contributed by atoms with Crippen LogP contribution in [-0.4, -0.2) is 35.9 Å². The average Bonchev–Trinajstić information content (AvgIpc) is 2.29. The smallest absolute Gasteiger partial charge is 0.306 e. The summed E-state index contributed by atoms with van der Waals surface area (Å²) in [5.74, 6) is -1.02. The molecule has 0 aliphatic rings. The molecule has 0 saturated heterocycles. The topological polar surface area (TPSA) is 78.8 Å². The van der Waals surface area contributed by atoms with Gasteiger partial charge < -0.3 is 20.3 Å². The van der Waals surface area contributed by atoms with Crippen molar-refractivity contribution in [3.8, 4) is 0 Å². The Balaban J connectivity index is 2.66. The molecular weight excluding hydrogens is 302 g/mol. The molecule has 100 valence electrons. The first kappa shape index (κ1) is 14.9. The summed E-state index contributed by atoms with van der Waals surface area (Å²) in [4.78, 5) is 10.4. The van der Waals surface area contributed by atoms with Crippen LogP contribution in [0, 0.1) is 0 Å². The van der Waals surface area contributed by atoms with Gasteiger partial charge in [-0.2, -0.15) is 0 Å². The average molecular weight is 318 g/mol. The zero-order chi connectivity index (χ0) is 13.5. The number of carboxylic acids is 1. The summed E-state index contributed by atoms with van der Waals surface area (Å²) < 4.78 is 6.00. The fourth-order valence-corrected chi connectivity index (χ4v) is 2.00. The van der Waals surface area contributed by atoms with Gasteiger partial charge in [-0.3, -0.25) is 4.79 Å². The number of methoxy groups -OCH3 is 1. The quantitative estimate of drug-likeness (QED) is 0.715. The Kier molecular flexibility index (Phi) is 6.11. The van der Waals surface area contributed by atoms with E-state index < -0.39 is 12.1 Å². The van der Waals surface area contributed by atoms with E-state index in [9.17, 15) is 9.90 Å². The molecule has 6 heteroatoms. The van der Waals surface area contributed by atoms with Gasteiger partial charge in [-0.05, 0) is 12.1 Å². The lowest BCUT2D eigenvalue weighted by Crippen LogP contribution is -2.23. The molecule has 1 atom stereocenters. The van der Waals surface area contributed by atoms with Crippen LogP contribution >= 0.6 is 15.9 Å². The second-order valence-corrected chi connectivity index (χ2v) is 4.69. The molecule has 3 N–H and O–H groups in total. The maximum atomic E-state index is 10.4. The predicted octanol–water partition coefficient (Wildman–Crippen LogP) is 1.84. The normalized spacial score (nSPS) is 12.2. The van der Waals surface area contributed by atoms with Gasteiger partial charge in [0.2, 0.25) is 0 Å². The second kappa shape index (κ2) is 7.35. The SMILES string of the molecule is COCc1c(Br)cccc1NCC(O)CC(=O)O. The highest BCUT2D eigenvalue weighted by molar-refractivity contribution is 9.10. The van der Waals surface area contributed by atoms with E-state index >= 15 is 0 Å². The van der Waals surface area contributed by atoms with Gasteiger partial charge in [0.1, 0.15) is 0 Å². The van der Waals surface area contributed by atoms with Crippen molar-refractivity contribution in [3.05, 3.63) is 28.2 Å². The Bertz CT molecular complexity index is 411. The Morgan fingerprint density at radius 2 is 2.28 bits per heavy atom. The summed E-state index contributed by atoms with van der Waals surface area (Å²) in [6.07, 6.45) is -1.20. The van der Waals surface area contributed by atoms with Crippen molar-refractivity contribution < 1.29 is 19.7 Å². The zero-order valence-electron chi connectivity index (χ0n) is 10.0. The minimum absolute atomic E-state index is 0.180. The number of carboxylic acid groups (broad SMARTS) is 1. The molecular formula is C12H16BrNO4. The first-order valence-corrected chi connectivity index (χ1v) is 6.24. The van der Waals surface area contributed by atoms with E-state index in [0.29, 0.717) is 6.61 Å². The van der Waals surface area contributed by atoms with E-state index in [1.165, 1.54) is 0 Å². The lowest BCUT2D eigenvalue weighted by atomic mass is 10.1. The molecule has 0 aliphatic heterocycles. The van der Waals surface area contributed by atoms with E-state index in [1.807, 2.05) is 18.2 Å². The van der Waals surface area contributed by atoms with Gasteiger partial charge >= 0.3 is 5.97 Å². The molecule has 1 aromatic rings. The highest BCUT2D eigenvalue weighted by Crippen LogP contribution is 2.25. The number of rotatable bonds is 7. The Labute approximate surface area is 114 Å². The van der Waals surface area contributed by atoms with Gasteiger partial charge in [0, 0.05) is 29.4 Å². The summed E-state index contributed by atoms with van der Waals surface area (Å²) in [5.41, 5.74) is 1.75. The number of hydrogen-bond acceptors (Lipinski definition) is 4. The summed E-state index contributed by atoms with van der Waals surface area (Å²) in [7, 11) is 1.60. The van der Waals surface area contributed by atoms with E-state index in [1.54, 1.807) is 7.11 Å². The van der Waals surface area contributed by atoms with Crippen LogP contribution in [0.3, 0.4) is 0 Å². The molecule has 0 aliphatic carbocycles. The Morgan fingerprint density at radius 3 is 2.89 bits per heavy atom. The van der Waals surface area contributed by atoms with Crippen molar-refractivity contribution >= 4 is 27.6 Å². The molecule has 1 rings (SSSR count). The van der Waals surface area contributed by atoms with Crippen molar-refractivity contribution in [2.24, 2.45) is 0 Å². The van der Waals surface area contributed by atoms with E-state index in [0.717, 1.165) is 15.7 Å². The number of nitrogens with one attached hydrogen (secondary N) is 1. The maximum Gasteiger partial charge on any atom is 0.306 e. The molecule has 18 heavy (non-hydrogen) atoms. The van der Waals surface area contributed by atoms with Crippen LogP contribution in [0.15, 0.2) is 22.7 Å². The van der Waals surface area contributed by atoms with Crippen LogP contribution < -0.4 is 5.32 Å². The van der Waals surface area contributed by atoms with E-state index in [-0.39, 0.29) is 13.0 Å².